The Hall–Kier alpha value is -3.35. The van der Waals surface area contributed by atoms with Crippen LogP contribution < -0.4 is 4.90 Å². The van der Waals surface area contributed by atoms with Crippen LogP contribution in [0.4, 0.5) is 5.69 Å². The van der Waals surface area contributed by atoms with Crippen LogP contribution in [-0.2, 0) is 16.1 Å². The summed E-state index contributed by atoms with van der Waals surface area (Å²) >= 11 is 1.49. The molecule has 1 saturated heterocycles. The molecule has 2 amide bonds. The van der Waals surface area contributed by atoms with Gasteiger partial charge in [0.25, 0.3) is 11.8 Å². The number of nitrogens with zero attached hydrogens (tertiary/aromatic N) is 2. The first-order valence-corrected chi connectivity index (χ1v) is 12.2. The van der Waals surface area contributed by atoms with Gasteiger partial charge in [0.1, 0.15) is 0 Å². The van der Waals surface area contributed by atoms with Crippen molar-refractivity contribution in [2.75, 3.05) is 31.2 Å². The second kappa shape index (κ2) is 9.87. The summed E-state index contributed by atoms with van der Waals surface area (Å²) < 4.78 is 5.34. The maximum atomic E-state index is 13.5. The quantitative estimate of drug-likeness (QED) is 0.495. The molecule has 1 fully saturated rings. The maximum absolute atomic E-state index is 13.5. The molecule has 5 rings (SSSR count). The first-order chi connectivity index (χ1) is 16.6. The molecule has 0 aromatic heterocycles. The summed E-state index contributed by atoms with van der Waals surface area (Å²) in [5.41, 5.74) is 4.76. The third kappa shape index (κ3) is 4.79. The molecular weight excluding hydrogens is 444 g/mol. The molecule has 0 unspecified atom stereocenters. The number of hydrogen-bond acceptors (Lipinski definition) is 4. The number of carbonyl (C=O) groups excluding carboxylic acids is 2. The van der Waals surface area contributed by atoms with E-state index in [1.54, 1.807) is 0 Å². The fourth-order valence-corrected chi connectivity index (χ4v) is 5.18. The van der Waals surface area contributed by atoms with Crippen LogP contribution in [0.1, 0.15) is 27.0 Å². The molecule has 2 aliphatic rings. The maximum Gasteiger partial charge on any atom is 0.265 e. The average molecular weight is 471 g/mol. The van der Waals surface area contributed by atoms with E-state index < -0.39 is 0 Å². The van der Waals surface area contributed by atoms with Gasteiger partial charge in [-0.25, -0.2) is 0 Å². The number of rotatable bonds is 4. The fraction of sp³-hybridized carbons (Fsp3) is 0.214. The van der Waals surface area contributed by atoms with Crippen molar-refractivity contribution in [2.45, 2.75) is 18.4 Å². The number of carbonyl (C=O) groups is 2. The zero-order chi connectivity index (χ0) is 23.5. The molecule has 0 atom stereocenters. The van der Waals surface area contributed by atoms with Gasteiger partial charge in [0.2, 0.25) is 0 Å². The summed E-state index contributed by atoms with van der Waals surface area (Å²) in [5.74, 6) is 0.00145. The number of aryl methyl sites for hydroxylation is 1. The highest BCUT2D eigenvalue weighted by Gasteiger charge is 2.29. The molecule has 0 saturated carbocycles. The van der Waals surface area contributed by atoms with Gasteiger partial charge in [0, 0.05) is 23.5 Å². The van der Waals surface area contributed by atoms with E-state index >= 15 is 0 Å². The number of hydrogen-bond donors (Lipinski definition) is 0. The van der Waals surface area contributed by atoms with Crippen molar-refractivity contribution in [3.05, 3.63) is 100.0 Å². The predicted octanol–water partition coefficient (Wildman–Crippen LogP) is 5.15. The molecule has 6 heteroatoms. The number of anilines is 1. The third-order valence-electron chi connectivity index (χ3n) is 6.05. The van der Waals surface area contributed by atoms with Gasteiger partial charge < -0.3 is 14.5 Å². The Morgan fingerprint density at radius 3 is 2.41 bits per heavy atom. The molecule has 5 nitrogen and oxygen atoms in total. The summed E-state index contributed by atoms with van der Waals surface area (Å²) in [6.07, 6.45) is 1.91. The van der Waals surface area contributed by atoms with E-state index in [2.05, 4.69) is 31.2 Å². The standard InChI is InChI=1S/C28H26N2O3S/c1-20-6-8-22(9-7-20)19-30-24-4-2-3-5-25(24)34-26(28(30)32)18-21-10-12-23(13-11-21)27(31)29-14-16-33-17-15-29/h2-13,18H,14-17,19H2,1H3/b26-18+. The Bertz CT molecular complexity index is 1230. The van der Waals surface area contributed by atoms with E-state index in [4.69, 9.17) is 4.74 Å². The van der Waals surface area contributed by atoms with Crippen molar-refractivity contribution in [3.63, 3.8) is 0 Å². The van der Waals surface area contributed by atoms with Crippen LogP contribution >= 0.6 is 11.8 Å². The predicted molar refractivity (Wildman–Crippen MR) is 136 cm³/mol. The Labute approximate surface area is 204 Å². The topological polar surface area (TPSA) is 49.9 Å². The zero-order valence-corrected chi connectivity index (χ0v) is 19.9. The van der Waals surface area contributed by atoms with Gasteiger partial charge in [-0.3, -0.25) is 9.59 Å². The minimum Gasteiger partial charge on any atom is -0.378 e. The Morgan fingerprint density at radius 1 is 0.971 bits per heavy atom. The molecule has 172 valence electrons. The van der Waals surface area contributed by atoms with E-state index in [9.17, 15) is 9.59 Å². The summed E-state index contributed by atoms with van der Waals surface area (Å²) in [7, 11) is 0. The first kappa shape index (κ1) is 22.4. The molecule has 3 aromatic rings. The van der Waals surface area contributed by atoms with Crippen LogP contribution in [0, 0.1) is 6.92 Å². The van der Waals surface area contributed by atoms with Crippen LogP contribution in [-0.4, -0.2) is 43.0 Å². The third-order valence-corrected chi connectivity index (χ3v) is 7.12. The van der Waals surface area contributed by atoms with Gasteiger partial charge in [-0.05, 0) is 48.4 Å². The van der Waals surface area contributed by atoms with Gasteiger partial charge in [0.15, 0.2) is 0 Å². The molecule has 34 heavy (non-hydrogen) atoms. The molecule has 2 heterocycles. The second-order valence-electron chi connectivity index (χ2n) is 8.48. The van der Waals surface area contributed by atoms with E-state index in [1.165, 1.54) is 17.3 Å². The molecular formula is C28H26N2O3S. The summed E-state index contributed by atoms with van der Waals surface area (Å²) in [6, 6.07) is 23.8. The Balaban J connectivity index is 1.39. The van der Waals surface area contributed by atoms with E-state index in [0.29, 0.717) is 43.3 Å². The van der Waals surface area contributed by atoms with Crippen molar-refractivity contribution in [1.82, 2.24) is 4.90 Å². The molecule has 0 radical (unpaired) electrons. The number of para-hydroxylation sites is 1. The van der Waals surface area contributed by atoms with E-state index in [0.717, 1.165) is 21.7 Å². The number of morpholine rings is 1. The lowest BCUT2D eigenvalue weighted by Gasteiger charge is -2.30. The van der Waals surface area contributed by atoms with Gasteiger partial charge >= 0.3 is 0 Å². The van der Waals surface area contributed by atoms with Crippen molar-refractivity contribution >= 4 is 35.3 Å². The van der Waals surface area contributed by atoms with Crippen molar-refractivity contribution in [1.29, 1.82) is 0 Å². The molecule has 2 aliphatic heterocycles. The Kier molecular flexibility index (Phi) is 6.52. The fourth-order valence-electron chi connectivity index (χ4n) is 4.12. The average Bonchev–Trinajstić information content (AvgIpc) is 2.88. The summed E-state index contributed by atoms with van der Waals surface area (Å²) in [6.45, 7) is 4.97. The summed E-state index contributed by atoms with van der Waals surface area (Å²) in [5, 5.41) is 0. The van der Waals surface area contributed by atoms with Crippen LogP contribution in [0.3, 0.4) is 0 Å². The number of ether oxygens (including phenoxy) is 1. The lowest BCUT2D eigenvalue weighted by atomic mass is 10.1. The summed E-state index contributed by atoms with van der Waals surface area (Å²) in [4.78, 5) is 31.6. The van der Waals surface area contributed by atoms with Crippen LogP contribution in [0.5, 0.6) is 0 Å². The normalized spacial score (nSPS) is 17.1. The Morgan fingerprint density at radius 2 is 1.68 bits per heavy atom. The molecule has 3 aromatic carbocycles. The smallest absolute Gasteiger partial charge is 0.265 e. The van der Waals surface area contributed by atoms with Crippen molar-refractivity contribution in [3.8, 4) is 0 Å². The van der Waals surface area contributed by atoms with Gasteiger partial charge in [0.05, 0.1) is 30.4 Å². The monoisotopic (exact) mass is 470 g/mol. The molecule has 0 aliphatic carbocycles. The molecule has 0 N–H and O–H groups in total. The molecule has 0 bridgehead atoms. The number of thioether (sulfide) groups is 1. The van der Waals surface area contributed by atoms with E-state index in [1.807, 2.05) is 64.4 Å². The first-order valence-electron chi connectivity index (χ1n) is 11.4. The zero-order valence-electron chi connectivity index (χ0n) is 19.1. The molecule has 0 spiro atoms. The van der Waals surface area contributed by atoms with Gasteiger partial charge in [-0.1, -0.05) is 65.9 Å². The highest BCUT2D eigenvalue weighted by molar-refractivity contribution is 8.04. The van der Waals surface area contributed by atoms with E-state index in [-0.39, 0.29) is 11.8 Å². The minimum absolute atomic E-state index is 0.0160. The van der Waals surface area contributed by atoms with Gasteiger partial charge in [-0.15, -0.1) is 0 Å². The highest BCUT2D eigenvalue weighted by atomic mass is 32.2. The van der Waals surface area contributed by atoms with Crippen LogP contribution in [0.2, 0.25) is 0 Å². The second-order valence-corrected chi connectivity index (χ2v) is 9.57. The van der Waals surface area contributed by atoms with Crippen LogP contribution in [0.25, 0.3) is 6.08 Å². The SMILES string of the molecule is Cc1ccc(CN2C(=O)/C(=C\c3ccc(C(=O)N4CCOCC4)cc3)Sc3ccccc32)cc1. The van der Waals surface area contributed by atoms with Crippen LogP contribution in [0.15, 0.2) is 82.6 Å². The van der Waals surface area contributed by atoms with Crippen molar-refractivity contribution < 1.29 is 14.3 Å². The number of amides is 2. The highest BCUT2D eigenvalue weighted by Crippen LogP contribution is 2.42. The van der Waals surface area contributed by atoms with Gasteiger partial charge in [-0.2, -0.15) is 0 Å². The largest absolute Gasteiger partial charge is 0.378 e. The minimum atomic E-state index is -0.0160. The lowest BCUT2D eigenvalue weighted by molar-refractivity contribution is -0.114. The number of benzene rings is 3. The number of fused-ring (bicyclic) bond motifs is 1. The lowest BCUT2D eigenvalue weighted by Crippen LogP contribution is -2.40. The van der Waals surface area contributed by atoms with Crippen molar-refractivity contribution in [2.24, 2.45) is 0 Å².